The topological polar surface area (TPSA) is 20.3 Å². The van der Waals surface area contributed by atoms with Crippen molar-refractivity contribution < 1.29 is 4.79 Å². The number of aryl methyl sites for hydroxylation is 3. The van der Waals surface area contributed by atoms with Crippen molar-refractivity contribution in [1.29, 1.82) is 0 Å². The van der Waals surface area contributed by atoms with Crippen LogP contribution in [0.15, 0.2) is 36.4 Å². The summed E-state index contributed by atoms with van der Waals surface area (Å²) in [4.78, 5) is 14.7. The van der Waals surface area contributed by atoms with Crippen LogP contribution in [0.1, 0.15) is 32.6 Å². The number of hydrogen-bond donors (Lipinski definition) is 0. The van der Waals surface area contributed by atoms with E-state index in [1.807, 2.05) is 23.1 Å². The number of carbonyl (C=O) groups is 1. The first-order valence-electron chi connectivity index (χ1n) is 7.05. The molecule has 0 spiro atoms. The molecule has 2 aromatic carbocycles. The molecule has 1 amide bonds. The minimum Gasteiger partial charge on any atom is -0.307 e. The zero-order valence-corrected chi connectivity index (χ0v) is 12.2. The van der Waals surface area contributed by atoms with Gasteiger partial charge in [0.15, 0.2) is 0 Å². The fourth-order valence-electron chi connectivity index (χ4n) is 2.89. The van der Waals surface area contributed by atoms with E-state index in [-0.39, 0.29) is 5.91 Å². The Morgan fingerprint density at radius 1 is 1.00 bits per heavy atom. The van der Waals surface area contributed by atoms with Crippen LogP contribution in [-0.4, -0.2) is 12.5 Å². The highest BCUT2D eigenvalue weighted by Gasteiger charge is 2.26. The van der Waals surface area contributed by atoms with Crippen LogP contribution in [0.4, 0.5) is 5.69 Å². The second-order valence-electron chi connectivity index (χ2n) is 5.59. The van der Waals surface area contributed by atoms with Gasteiger partial charge >= 0.3 is 0 Å². The predicted octanol–water partition coefficient (Wildman–Crippen LogP) is 3.81. The highest BCUT2D eigenvalue weighted by atomic mass is 16.2. The van der Waals surface area contributed by atoms with Crippen molar-refractivity contribution in [2.24, 2.45) is 0 Å². The van der Waals surface area contributed by atoms with Crippen molar-refractivity contribution in [2.45, 2.75) is 27.2 Å². The average Bonchev–Trinajstić information content (AvgIpc) is 2.86. The molecule has 0 radical (unpaired) electrons. The van der Waals surface area contributed by atoms with Crippen LogP contribution in [0.25, 0.3) is 0 Å². The Balaban J connectivity index is 1.99. The maximum atomic E-state index is 12.8. The maximum absolute atomic E-state index is 12.8. The van der Waals surface area contributed by atoms with Gasteiger partial charge in [0.2, 0.25) is 0 Å². The quantitative estimate of drug-likeness (QED) is 0.767. The normalized spacial score (nSPS) is 13.4. The van der Waals surface area contributed by atoms with Crippen molar-refractivity contribution in [1.82, 2.24) is 0 Å². The summed E-state index contributed by atoms with van der Waals surface area (Å²) in [5, 5.41) is 0. The number of benzene rings is 2. The van der Waals surface area contributed by atoms with Gasteiger partial charge in [0.05, 0.1) is 5.69 Å². The molecule has 0 saturated heterocycles. The van der Waals surface area contributed by atoms with Gasteiger partial charge in [0.25, 0.3) is 5.91 Å². The van der Waals surface area contributed by atoms with Gasteiger partial charge < -0.3 is 4.90 Å². The lowest BCUT2D eigenvalue weighted by atomic mass is 10.0. The largest absolute Gasteiger partial charge is 0.307 e. The van der Waals surface area contributed by atoms with Gasteiger partial charge in [-0.05, 0) is 61.6 Å². The highest BCUT2D eigenvalue weighted by Crippen LogP contribution is 2.32. The van der Waals surface area contributed by atoms with Crippen LogP contribution in [0, 0.1) is 20.8 Å². The molecule has 2 aromatic rings. The van der Waals surface area contributed by atoms with Gasteiger partial charge in [0.1, 0.15) is 0 Å². The number of anilines is 1. The molecule has 0 atom stereocenters. The number of amides is 1. The Hall–Kier alpha value is -2.09. The number of carbonyl (C=O) groups excluding carboxylic acids is 1. The number of fused-ring (bicyclic) bond motifs is 1. The molecule has 0 bridgehead atoms. The summed E-state index contributed by atoms with van der Waals surface area (Å²) in [6.45, 7) is 6.98. The number of hydrogen-bond acceptors (Lipinski definition) is 1. The van der Waals surface area contributed by atoms with Crippen molar-refractivity contribution in [2.75, 3.05) is 11.4 Å². The third-order valence-corrected chi connectivity index (χ3v) is 4.19. The van der Waals surface area contributed by atoms with Gasteiger partial charge in [-0.1, -0.05) is 24.3 Å². The standard InChI is InChI=1S/C18H19NO/c1-12-7-8-16(11-14(12)3)18(20)19-10-9-15-6-4-5-13(2)17(15)19/h4-8,11H,9-10H2,1-3H3. The van der Waals surface area contributed by atoms with Crippen molar-refractivity contribution in [3.63, 3.8) is 0 Å². The molecule has 2 heteroatoms. The zero-order valence-electron chi connectivity index (χ0n) is 12.2. The van der Waals surface area contributed by atoms with Crippen LogP contribution >= 0.6 is 0 Å². The zero-order chi connectivity index (χ0) is 14.3. The lowest BCUT2D eigenvalue weighted by Gasteiger charge is -2.19. The van der Waals surface area contributed by atoms with Gasteiger partial charge in [-0.25, -0.2) is 0 Å². The monoisotopic (exact) mass is 265 g/mol. The highest BCUT2D eigenvalue weighted by molar-refractivity contribution is 6.07. The summed E-state index contributed by atoms with van der Waals surface area (Å²) in [5.41, 5.74) is 6.74. The van der Waals surface area contributed by atoms with E-state index in [1.165, 1.54) is 22.3 Å². The summed E-state index contributed by atoms with van der Waals surface area (Å²) in [6, 6.07) is 12.2. The Bertz CT molecular complexity index is 688. The molecule has 3 rings (SSSR count). The Morgan fingerprint density at radius 2 is 1.80 bits per heavy atom. The summed E-state index contributed by atoms with van der Waals surface area (Å²) in [7, 11) is 0. The third-order valence-electron chi connectivity index (χ3n) is 4.19. The van der Waals surface area contributed by atoms with E-state index in [0.29, 0.717) is 0 Å². The molecule has 1 aliphatic rings. The Labute approximate surface area is 120 Å². The van der Waals surface area contributed by atoms with E-state index in [0.717, 1.165) is 24.2 Å². The van der Waals surface area contributed by atoms with Crippen LogP contribution < -0.4 is 4.90 Å². The van der Waals surface area contributed by atoms with Crippen molar-refractivity contribution in [3.8, 4) is 0 Å². The first kappa shape index (κ1) is 12.9. The van der Waals surface area contributed by atoms with Crippen molar-refractivity contribution >= 4 is 11.6 Å². The van der Waals surface area contributed by atoms with E-state index >= 15 is 0 Å². The summed E-state index contributed by atoms with van der Waals surface area (Å²) in [6.07, 6.45) is 0.952. The average molecular weight is 265 g/mol. The molecule has 20 heavy (non-hydrogen) atoms. The Kier molecular flexibility index (Phi) is 3.09. The van der Waals surface area contributed by atoms with Crippen LogP contribution in [0.3, 0.4) is 0 Å². The SMILES string of the molecule is Cc1ccc(C(=O)N2CCc3cccc(C)c32)cc1C. The molecule has 0 aliphatic carbocycles. The smallest absolute Gasteiger partial charge is 0.258 e. The molecular formula is C18H19NO. The molecule has 0 aromatic heterocycles. The fraction of sp³-hybridized carbons (Fsp3) is 0.278. The van der Waals surface area contributed by atoms with Crippen LogP contribution in [-0.2, 0) is 6.42 Å². The summed E-state index contributed by atoms with van der Waals surface area (Å²) < 4.78 is 0. The molecule has 1 heterocycles. The first-order chi connectivity index (χ1) is 9.58. The molecule has 0 saturated carbocycles. The minimum absolute atomic E-state index is 0.112. The number of nitrogens with zero attached hydrogens (tertiary/aromatic N) is 1. The second kappa shape index (κ2) is 4.78. The van der Waals surface area contributed by atoms with Crippen molar-refractivity contribution in [3.05, 3.63) is 64.2 Å². The lowest BCUT2D eigenvalue weighted by Crippen LogP contribution is -2.29. The van der Waals surface area contributed by atoms with E-state index in [4.69, 9.17) is 0 Å². The van der Waals surface area contributed by atoms with Gasteiger partial charge in [-0.2, -0.15) is 0 Å². The molecule has 102 valence electrons. The van der Waals surface area contributed by atoms with Gasteiger partial charge in [-0.3, -0.25) is 4.79 Å². The van der Waals surface area contributed by atoms with E-state index < -0.39 is 0 Å². The maximum Gasteiger partial charge on any atom is 0.258 e. The second-order valence-corrected chi connectivity index (χ2v) is 5.59. The van der Waals surface area contributed by atoms with E-state index in [1.54, 1.807) is 0 Å². The molecule has 0 unspecified atom stereocenters. The lowest BCUT2D eigenvalue weighted by molar-refractivity contribution is 0.0989. The van der Waals surface area contributed by atoms with E-state index in [9.17, 15) is 4.79 Å². The van der Waals surface area contributed by atoms with E-state index in [2.05, 4.69) is 39.0 Å². The third kappa shape index (κ3) is 2.01. The fourth-order valence-corrected chi connectivity index (χ4v) is 2.89. The van der Waals surface area contributed by atoms with Gasteiger partial charge in [-0.15, -0.1) is 0 Å². The number of rotatable bonds is 1. The summed E-state index contributed by atoms with van der Waals surface area (Å²) >= 11 is 0. The van der Waals surface area contributed by atoms with Gasteiger partial charge in [0, 0.05) is 12.1 Å². The molecule has 1 aliphatic heterocycles. The predicted molar refractivity (Wildman–Crippen MR) is 82.5 cm³/mol. The minimum atomic E-state index is 0.112. The molecular weight excluding hydrogens is 246 g/mol. The van der Waals surface area contributed by atoms with Crippen LogP contribution in [0.2, 0.25) is 0 Å². The first-order valence-corrected chi connectivity index (χ1v) is 7.05. The molecule has 0 fully saturated rings. The number of para-hydroxylation sites is 1. The molecule has 2 nitrogen and oxygen atoms in total. The Morgan fingerprint density at radius 3 is 2.55 bits per heavy atom. The summed E-state index contributed by atoms with van der Waals surface area (Å²) in [5.74, 6) is 0.112. The van der Waals surface area contributed by atoms with Crippen LogP contribution in [0.5, 0.6) is 0 Å². The molecule has 0 N–H and O–H groups in total.